The normalized spacial score (nSPS) is 15.4. The maximum absolute atomic E-state index is 12.0. The number of nitrogens with two attached hydrogens (primary N) is 1. The van der Waals surface area contributed by atoms with Crippen molar-refractivity contribution < 1.29 is 4.79 Å². The third-order valence-corrected chi connectivity index (χ3v) is 3.77. The van der Waals surface area contributed by atoms with Gasteiger partial charge in [0.15, 0.2) is 0 Å². The number of rotatable bonds is 2. The fraction of sp³-hybridized carbons (Fsp3) is 0.727. The SMILES string of the molecule is Cc1nsc(N2CCN(C(=O)C(C)(C)N)CC2)n1.Cl.Cl. The van der Waals surface area contributed by atoms with E-state index in [0.29, 0.717) is 13.1 Å². The monoisotopic (exact) mass is 341 g/mol. The second-order valence-electron chi connectivity index (χ2n) is 5.13. The van der Waals surface area contributed by atoms with Crippen LogP contribution in [-0.4, -0.2) is 51.9 Å². The average molecular weight is 342 g/mol. The minimum absolute atomic E-state index is 0. The molecular formula is C11H21Cl2N5OS. The Labute approximate surface area is 135 Å². The van der Waals surface area contributed by atoms with Crippen molar-refractivity contribution in [3.63, 3.8) is 0 Å². The molecule has 1 fully saturated rings. The Morgan fingerprint density at radius 2 is 1.80 bits per heavy atom. The molecule has 0 aromatic carbocycles. The number of aromatic nitrogens is 2. The van der Waals surface area contributed by atoms with Gasteiger partial charge in [0.2, 0.25) is 11.0 Å². The lowest BCUT2D eigenvalue weighted by Gasteiger charge is -2.37. The molecule has 116 valence electrons. The minimum Gasteiger partial charge on any atom is -0.343 e. The Morgan fingerprint density at radius 1 is 1.25 bits per heavy atom. The van der Waals surface area contributed by atoms with Crippen LogP contribution in [0.25, 0.3) is 0 Å². The number of anilines is 1. The first kappa shape index (κ1) is 19.4. The molecule has 1 aromatic rings. The molecule has 6 nitrogen and oxygen atoms in total. The van der Waals surface area contributed by atoms with Crippen LogP contribution in [0.5, 0.6) is 0 Å². The molecule has 2 heterocycles. The average Bonchev–Trinajstić information content (AvgIpc) is 2.74. The van der Waals surface area contributed by atoms with E-state index < -0.39 is 5.54 Å². The molecule has 0 radical (unpaired) electrons. The van der Waals surface area contributed by atoms with Crippen LogP contribution < -0.4 is 10.6 Å². The lowest BCUT2D eigenvalue weighted by Crippen LogP contribution is -2.57. The maximum atomic E-state index is 12.0. The summed E-state index contributed by atoms with van der Waals surface area (Å²) in [4.78, 5) is 20.4. The highest BCUT2D eigenvalue weighted by molar-refractivity contribution is 7.09. The van der Waals surface area contributed by atoms with Crippen LogP contribution in [-0.2, 0) is 4.79 Å². The molecule has 1 aliphatic rings. The van der Waals surface area contributed by atoms with Crippen LogP contribution in [0.2, 0.25) is 0 Å². The van der Waals surface area contributed by atoms with Gasteiger partial charge in [-0.3, -0.25) is 4.79 Å². The summed E-state index contributed by atoms with van der Waals surface area (Å²) in [7, 11) is 0. The van der Waals surface area contributed by atoms with Crippen LogP contribution in [0.15, 0.2) is 0 Å². The van der Waals surface area contributed by atoms with Crippen molar-refractivity contribution in [2.45, 2.75) is 26.3 Å². The lowest BCUT2D eigenvalue weighted by atomic mass is 10.1. The van der Waals surface area contributed by atoms with Crippen molar-refractivity contribution in [3.8, 4) is 0 Å². The molecule has 2 rings (SSSR count). The summed E-state index contributed by atoms with van der Waals surface area (Å²) in [5, 5.41) is 0.937. The van der Waals surface area contributed by atoms with E-state index in [0.717, 1.165) is 24.0 Å². The molecule has 1 amide bonds. The van der Waals surface area contributed by atoms with E-state index in [1.54, 1.807) is 13.8 Å². The number of piperazine rings is 1. The molecule has 0 saturated carbocycles. The van der Waals surface area contributed by atoms with Gasteiger partial charge in [-0.25, -0.2) is 4.98 Å². The molecule has 9 heteroatoms. The smallest absolute Gasteiger partial charge is 0.242 e. The highest BCUT2D eigenvalue weighted by Crippen LogP contribution is 2.19. The van der Waals surface area contributed by atoms with Crippen LogP contribution in [0.4, 0.5) is 5.13 Å². The Kier molecular flexibility index (Phi) is 7.17. The van der Waals surface area contributed by atoms with Gasteiger partial charge < -0.3 is 15.5 Å². The topological polar surface area (TPSA) is 75.4 Å². The fourth-order valence-corrected chi connectivity index (χ4v) is 2.65. The van der Waals surface area contributed by atoms with Gasteiger partial charge in [-0.15, -0.1) is 24.8 Å². The van der Waals surface area contributed by atoms with Crippen molar-refractivity contribution >= 4 is 47.4 Å². The standard InChI is InChI=1S/C11H19N5OS.2ClH/c1-8-13-10(18-14-8)16-6-4-15(5-7-16)9(17)11(2,3)12;;/h4-7,12H2,1-3H3;2*1H. The summed E-state index contributed by atoms with van der Waals surface area (Å²) in [6.07, 6.45) is 0. The summed E-state index contributed by atoms with van der Waals surface area (Å²) in [5.41, 5.74) is 5.04. The fourth-order valence-electron chi connectivity index (χ4n) is 1.92. The molecule has 1 aliphatic heterocycles. The van der Waals surface area contributed by atoms with E-state index >= 15 is 0 Å². The summed E-state index contributed by atoms with van der Waals surface area (Å²) in [6, 6.07) is 0. The van der Waals surface area contributed by atoms with Gasteiger partial charge in [0.05, 0.1) is 5.54 Å². The van der Waals surface area contributed by atoms with Gasteiger partial charge in [-0.2, -0.15) is 4.37 Å². The van der Waals surface area contributed by atoms with Gasteiger partial charge >= 0.3 is 0 Å². The molecule has 0 aliphatic carbocycles. The Morgan fingerprint density at radius 3 is 2.20 bits per heavy atom. The van der Waals surface area contributed by atoms with E-state index in [9.17, 15) is 4.79 Å². The van der Waals surface area contributed by atoms with Gasteiger partial charge in [0.1, 0.15) is 5.82 Å². The van der Waals surface area contributed by atoms with Crippen LogP contribution >= 0.6 is 36.3 Å². The number of amides is 1. The highest BCUT2D eigenvalue weighted by atomic mass is 35.5. The molecule has 20 heavy (non-hydrogen) atoms. The summed E-state index contributed by atoms with van der Waals surface area (Å²) in [5.74, 6) is 0.812. The first-order chi connectivity index (χ1) is 8.38. The Bertz CT molecular complexity index is 440. The predicted octanol–water partition coefficient (Wildman–Crippen LogP) is 1.08. The van der Waals surface area contributed by atoms with Crippen molar-refractivity contribution in [2.24, 2.45) is 5.73 Å². The highest BCUT2D eigenvalue weighted by Gasteiger charge is 2.30. The maximum Gasteiger partial charge on any atom is 0.242 e. The first-order valence-electron chi connectivity index (χ1n) is 6.01. The number of halogens is 2. The molecule has 1 saturated heterocycles. The summed E-state index contributed by atoms with van der Waals surface area (Å²) in [6.45, 7) is 8.34. The third kappa shape index (κ3) is 4.44. The zero-order valence-corrected chi connectivity index (χ0v) is 14.3. The van der Waals surface area contributed by atoms with Gasteiger partial charge in [0, 0.05) is 37.7 Å². The molecule has 2 N–H and O–H groups in total. The zero-order valence-electron chi connectivity index (χ0n) is 11.8. The number of aryl methyl sites for hydroxylation is 1. The number of nitrogens with zero attached hydrogens (tertiary/aromatic N) is 4. The van der Waals surface area contributed by atoms with Crippen LogP contribution in [0.1, 0.15) is 19.7 Å². The van der Waals surface area contributed by atoms with E-state index in [1.165, 1.54) is 11.5 Å². The van der Waals surface area contributed by atoms with Crippen molar-refractivity contribution in [3.05, 3.63) is 5.82 Å². The Balaban J connectivity index is 0.00000180. The van der Waals surface area contributed by atoms with Crippen molar-refractivity contribution in [2.75, 3.05) is 31.1 Å². The number of carbonyl (C=O) groups is 1. The number of hydrogen-bond donors (Lipinski definition) is 1. The predicted molar refractivity (Wildman–Crippen MR) is 86.2 cm³/mol. The third-order valence-electron chi connectivity index (χ3n) is 2.91. The first-order valence-corrected chi connectivity index (χ1v) is 6.79. The largest absolute Gasteiger partial charge is 0.343 e. The number of hydrogen-bond acceptors (Lipinski definition) is 6. The molecule has 0 bridgehead atoms. The second kappa shape index (κ2) is 7.40. The second-order valence-corrected chi connectivity index (χ2v) is 5.86. The van der Waals surface area contributed by atoms with E-state index in [4.69, 9.17) is 5.73 Å². The molecular weight excluding hydrogens is 321 g/mol. The zero-order chi connectivity index (χ0) is 13.3. The Hall–Kier alpha value is -0.630. The van der Waals surface area contributed by atoms with Gasteiger partial charge in [-0.05, 0) is 20.8 Å². The molecule has 0 spiro atoms. The van der Waals surface area contributed by atoms with Crippen molar-refractivity contribution in [1.29, 1.82) is 0 Å². The lowest BCUT2D eigenvalue weighted by molar-refractivity contribution is -0.136. The minimum atomic E-state index is -0.790. The molecule has 1 aromatic heterocycles. The summed E-state index contributed by atoms with van der Waals surface area (Å²) < 4.78 is 4.17. The van der Waals surface area contributed by atoms with Crippen LogP contribution in [0.3, 0.4) is 0 Å². The van der Waals surface area contributed by atoms with Crippen LogP contribution in [0, 0.1) is 6.92 Å². The summed E-state index contributed by atoms with van der Waals surface area (Å²) >= 11 is 1.41. The van der Waals surface area contributed by atoms with Gasteiger partial charge in [-0.1, -0.05) is 0 Å². The molecule has 0 unspecified atom stereocenters. The van der Waals surface area contributed by atoms with E-state index in [1.807, 2.05) is 11.8 Å². The van der Waals surface area contributed by atoms with E-state index in [2.05, 4.69) is 14.3 Å². The van der Waals surface area contributed by atoms with E-state index in [-0.39, 0.29) is 30.7 Å². The molecule has 0 atom stereocenters. The van der Waals surface area contributed by atoms with Gasteiger partial charge in [0.25, 0.3) is 0 Å². The van der Waals surface area contributed by atoms with Crippen molar-refractivity contribution in [1.82, 2.24) is 14.3 Å². The number of carbonyl (C=O) groups excluding carboxylic acids is 1. The quantitative estimate of drug-likeness (QED) is 0.870.